The molecular weight excluding hydrogens is 178 g/mol. The maximum atomic E-state index is 11.7. The van der Waals surface area contributed by atoms with Crippen molar-refractivity contribution in [3.05, 3.63) is 18.5 Å². The number of carbonyl (C=O) groups excluding carboxylic acids is 1. The summed E-state index contributed by atoms with van der Waals surface area (Å²) in [6, 6.07) is 1.86. The third kappa shape index (κ3) is 2.14. The van der Waals surface area contributed by atoms with Gasteiger partial charge < -0.3 is 15.6 Å². The van der Waals surface area contributed by atoms with E-state index in [1.165, 1.54) is 0 Å². The molecule has 0 bridgehead atoms. The van der Waals surface area contributed by atoms with Crippen molar-refractivity contribution >= 4 is 11.6 Å². The summed E-state index contributed by atoms with van der Waals surface area (Å²) < 4.78 is 0. The standard InChI is InChI=1S/C10H15N3O/c14-10(8-1-4-11-5-2-8)13-9-3-6-12-7-9/h3,6-8,11-12H,1-2,4-5H2,(H,13,14). The lowest BCUT2D eigenvalue weighted by Crippen LogP contribution is -2.34. The summed E-state index contributed by atoms with van der Waals surface area (Å²) in [6.07, 6.45) is 5.48. The van der Waals surface area contributed by atoms with Gasteiger partial charge in [-0.15, -0.1) is 0 Å². The van der Waals surface area contributed by atoms with Gasteiger partial charge in [-0.3, -0.25) is 4.79 Å². The van der Waals surface area contributed by atoms with E-state index in [-0.39, 0.29) is 11.8 Å². The molecule has 1 saturated heterocycles. The first-order chi connectivity index (χ1) is 6.86. The second-order valence-corrected chi connectivity index (χ2v) is 3.61. The van der Waals surface area contributed by atoms with Gasteiger partial charge in [-0.05, 0) is 32.0 Å². The molecule has 2 heterocycles. The van der Waals surface area contributed by atoms with Crippen LogP contribution in [0.4, 0.5) is 5.69 Å². The summed E-state index contributed by atoms with van der Waals surface area (Å²) in [5, 5.41) is 6.14. The number of H-pyrrole nitrogens is 1. The average Bonchev–Trinajstić information content (AvgIpc) is 2.72. The van der Waals surface area contributed by atoms with Crippen molar-refractivity contribution in [2.24, 2.45) is 5.92 Å². The quantitative estimate of drug-likeness (QED) is 0.655. The molecule has 0 atom stereocenters. The fourth-order valence-electron chi connectivity index (χ4n) is 1.73. The normalized spacial score (nSPS) is 18.0. The molecule has 2 rings (SSSR count). The molecule has 0 aromatic carbocycles. The molecule has 4 nitrogen and oxygen atoms in total. The molecule has 1 aliphatic heterocycles. The maximum Gasteiger partial charge on any atom is 0.227 e. The molecule has 0 aliphatic carbocycles. The lowest BCUT2D eigenvalue weighted by Gasteiger charge is -2.21. The van der Waals surface area contributed by atoms with Gasteiger partial charge in [-0.2, -0.15) is 0 Å². The third-order valence-electron chi connectivity index (χ3n) is 2.58. The Morgan fingerprint density at radius 3 is 2.86 bits per heavy atom. The van der Waals surface area contributed by atoms with Crippen molar-refractivity contribution in [3.63, 3.8) is 0 Å². The van der Waals surface area contributed by atoms with E-state index in [0.717, 1.165) is 31.6 Å². The Balaban J connectivity index is 1.88. The van der Waals surface area contributed by atoms with E-state index in [9.17, 15) is 4.79 Å². The van der Waals surface area contributed by atoms with Gasteiger partial charge in [-0.25, -0.2) is 0 Å². The van der Waals surface area contributed by atoms with Crippen molar-refractivity contribution < 1.29 is 4.79 Å². The number of piperidine rings is 1. The van der Waals surface area contributed by atoms with Crippen LogP contribution in [0.25, 0.3) is 0 Å². The molecule has 0 radical (unpaired) electrons. The van der Waals surface area contributed by atoms with E-state index < -0.39 is 0 Å². The Labute approximate surface area is 83.1 Å². The number of nitrogens with one attached hydrogen (secondary N) is 3. The second-order valence-electron chi connectivity index (χ2n) is 3.61. The topological polar surface area (TPSA) is 56.9 Å². The van der Waals surface area contributed by atoms with Gasteiger partial charge in [0.15, 0.2) is 0 Å². The number of carbonyl (C=O) groups is 1. The van der Waals surface area contributed by atoms with Crippen molar-refractivity contribution in [2.45, 2.75) is 12.8 Å². The molecule has 1 aromatic heterocycles. The molecule has 76 valence electrons. The third-order valence-corrected chi connectivity index (χ3v) is 2.58. The SMILES string of the molecule is O=C(Nc1cc[nH]c1)C1CCNCC1. The van der Waals surface area contributed by atoms with Crippen LogP contribution in [0.5, 0.6) is 0 Å². The van der Waals surface area contributed by atoms with Crippen LogP contribution in [0.2, 0.25) is 0 Å². The minimum atomic E-state index is 0.145. The van der Waals surface area contributed by atoms with Crippen LogP contribution in [-0.2, 0) is 4.79 Å². The van der Waals surface area contributed by atoms with Crippen LogP contribution >= 0.6 is 0 Å². The summed E-state index contributed by atoms with van der Waals surface area (Å²) in [5.41, 5.74) is 0.855. The summed E-state index contributed by atoms with van der Waals surface area (Å²) in [5.74, 6) is 0.317. The highest BCUT2D eigenvalue weighted by Gasteiger charge is 2.20. The molecular formula is C10H15N3O. The van der Waals surface area contributed by atoms with Crippen molar-refractivity contribution in [2.75, 3.05) is 18.4 Å². The van der Waals surface area contributed by atoms with E-state index >= 15 is 0 Å². The van der Waals surface area contributed by atoms with Crippen LogP contribution in [0, 0.1) is 5.92 Å². The monoisotopic (exact) mass is 193 g/mol. The van der Waals surface area contributed by atoms with E-state index in [4.69, 9.17) is 0 Å². The van der Waals surface area contributed by atoms with Gasteiger partial charge >= 0.3 is 0 Å². The van der Waals surface area contributed by atoms with Gasteiger partial charge in [0.2, 0.25) is 5.91 Å². The van der Waals surface area contributed by atoms with Gasteiger partial charge in [0.05, 0.1) is 5.69 Å². The highest BCUT2D eigenvalue weighted by Crippen LogP contribution is 2.14. The maximum absolute atomic E-state index is 11.7. The van der Waals surface area contributed by atoms with Crippen LogP contribution < -0.4 is 10.6 Å². The van der Waals surface area contributed by atoms with Gasteiger partial charge in [0, 0.05) is 18.3 Å². The Hall–Kier alpha value is -1.29. The van der Waals surface area contributed by atoms with Crippen molar-refractivity contribution in [1.29, 1.82) is 0 Å². The lowest BCUT2D eigenvalue weighted by atomic mass is 9.97. The zero-order valence-corrected chi connectivity index (χ0v) is 8.05. The highest BCUT2D eigenvalue weighted by atomic mass is 16.1. The molecule has 1 fully saturated rings. The van der Waals surface area contributed by atoms with Gasteiger partial charge in [0.1, 0.15) is 0 Å². The Morgan fingerprint density at radius 1 is 1.43 bits per heavy atom. The number of anilines is 1. The second kappa shape index (κ2) is 4.28. The van der Waals surface area contributed by atoms with Crippen LogP contribution in [0.15, 0.2) is 18.5 Å². The van der Waals surface area contributed by atoms with Gasteiger partial charge in [-0.1, -0.05) is 0 Å². The highest BCUT2D eigenvalue weighted by molar-refractivity contribution is 5.92. The molecule has 1 amide bonds. The largest absolute Gasteiger partial charge is 0.366 e. The molecule has 0 spiro atoms. The first-order valence-electron chi connectivity index (χ1n) is 5.00. The zero-order chi connectivity index (χ0) is 9.80. The van der Waals surface area contributed by atoms with Crippen molar-refractivity contribution in [1.82, 2.24) is 10.3 Å². The minimum absolute atomic E-state index is 0.145. The van der Waals surface area contributed by atoms with Crippen LogP contribution in [-0.4, -0.2) is 24.0 Å². The number of rotatable bonds is 2. The minimum Gasteiger partial charge on any atom is -0.366 e. The number of hydrogen-bond acceptors (Lipinski definition) is 2. The van der Waals surface area contributed by atoms with E-state index in [1.54, 1.807) is 12.4 Å². The molecule has 0 unspecified atom stereocenters. The van der Waals surface area contributed by atoms with E-state index in [0.29, 0.717) is 0 Å². The zero-order valence-electron chi connectivity index (χ0n) is 8.05. The molecule has 1 aliphatic rings. The lowest BCUT2D eigenvalue weighted by molar-refractivity contribution is -0.120. The van der Waals surface area contributed by atoms with Crippen LogP contribution in [0.1, 0.15) is 12.8 Å². The fraction of sp³-hybridized carbons (Fsp3) is 0.500. The summed E-state index contributed by atoms with van der Waals surface area (Å²) >= 11 is 0. The van der Waals surface area contributed by atoms with E-state index in [2.05, 4.69) is 15.6 Å². The smallest absolute Gasteiger partial charge is 0.227 e. The number of hydrogen-bond donors (Lipinski definition) is 3. The molecule has 1 aromatic rings. The Kier molecular flexibility index (Phi) is 2.84. The summed E-state index contributed by atoms with van der Waals surface area (Å²) in [4.78, 5) is 14.6. The number of aromatic nitrogens is 1. The summed E-state index contributed by atoms with van der Waals surface area (Å²) in [7, 11) is 0. The van der Waals surface area contributed by atoms with Crippen molar-refractivity contribution in [3.8, 4) is 0 Å². The predicted molar refractivity (Wildman–Crippen MR) is 55.0 cm³/mol. The number of aromatic amines is 1. The Morgan fingerprint density at radius 2 is 2.21 bits per heavy atom. The van der Waals surface area contributed by atoms with Gasteiger partial charge in [0.25, 0.3) is 0 Å². The van der Waals surface area contributed by atoms with Crippen LogP contribution in [0.3, 0.4) is 0 Å². The number of amides is 1. The molecule has 3 N–H and O–H groups in total. The Bertz CT molecular complexity index is 288. The predicted octanol–water partition coefficient (Wildman–Crippen LogP) is 0.953. The molecule has 4 heteroatoms. The fourth-order valence-corrected chi connectivity index (χ4v) is 1.73. The first kappa shape index (κ1) is 9.27. The molecule has 0 saturated carbocycles. The average molecular weight is 193 g/mol. The summed E-state index contributed by atoms with van der Waals surface area (Å²) in [6.45, 7) is 1.90. The first-order valence-corrected chi connectivity index (χ1v) is 5.00. The van der Waals surface area contributed by atoms with E-state index in [1.807, 2.05) is 6.07 Å². The molecule has 14 heavy (non-hydrogen) atoms.